The summed E-state index contributed by atoms with van der Waals surface area (Å²) in [6.45, 7) is 8.14. The number of rotatable bonds is 3. The van der Waals surface area contributed by atoms with Gasteiger partial charge in [0.2, 0.25) is 0 Å². The molecule has 1 aromatic heterocycles. The van der Waals surface area contributed by atoms with Crippen LogP contribution in [-0.2, 0) is 14.1 Å². The van der Waals surface area contributed by atoms with Gasteiger partial charge in [-0.25, -0.2) is 9.79 Å². The van der Waals surface area contributed by atoms with Crippen LogP contribution in [0.2, 0.25) is 0 Å². The van der Waals surface area contributed by atoms with Gasteiger partial charge in [0.25, 0.3) is 0 Å². The summed E-state index contributed by atoms with van der Waals surface area (Å²) in [6, 6.07) is 8.85. The van der Waals surface area contributed by atoms with E-state index in [-0.39, 0.29) is 11.9 Å². The van der Waals surface area contributed by atoms with Crippen molar-refractivity contribution in [2.75, 3.05) is 20.1 Å². The molecule has 29 heavy (non-hydrogen) atoms. The zero-order valence-electron chi connectivity index (χ0n) is 17.9. The fourth-order valence-electron chi connectivity index (χ4n) is 4.07. The number of aryl methyl sites for hydroxylation is 1. The Morgan fingerprint density at radius 3 is 2.31 bits per heavy atom. The van der Waals surface area contributed by atoms with Crippen LogP contribution in [0, 0.1) is 12.8 Å². The van der Waals surface area contributed by atoms with Crippen molar-refractivity contribution in [1.82, 2.24) is 18.9 Å². The zero-order chi connectivity index (χ0) is 20.7. The van der Waals surface area contributed by atoms with Gasteiger partial charge >= 0.3 is 5.69 Å². The molecule has 0 amide bonds. The monoisotopic (exact) mass is 393 g/mol. The minimum Gasteiger partial charge on any atom is -0.377 e. The van der Waals surface area contributed by atoms with Crippen LogP contribution in [0.4, 0.5) is 0 Å². The highest BCUT2D eigenvalue weighted by Gasteiger charge is 2.34. The van der Waals surface area contributed by atoms with Crippen LogP contribution < -0.4 is 16.5 Å². The van der Waals surface area contributed by atoms with Gasteiger partial charge in [0.15, 0.2) is 5.49 Å². The molecule has 0 radical (unpaired) electrons. The van der Waals surface area contributed by atoms with Crippen LogP contribution in [0.15, 0.2) is 46.8 Å². The average Bonchev–Trinajstić information content (AvgIpc) is 3.49. The second-order valence-corrected chi connectivity index (χ2v) is 8.53. The first kappa shape index (κ1) is 19.6. The van der Waals surface area contributed by atoms with Crippen LogP contribution in [0.25, 0.3) is 6.20 Å². The maximum atomic E-state index is 11.8. The van der Waals surface area contributed by atoms with Gasteiger partial charge < -0.3 is 9.80 Å². The van der Waals surface area contributed by atoms with Gasteiger partial charge in [-0.2, -0.15) is 0 Å². The summed E-state index contributed by atoms with van der Waals surface area (Å²) in [5, 5.41) is 0.909. The summed E-state index contributed by atoms with van der Waals surface area (Å²) in [4.78, 5) is 20.9. The van der Waals surface area contributed by atoms with Crippen molar-refractivity contribution >= 4 is 6.20 Å². The first-order chi connectivity index (χ1) is 13.9. The maximum Gasteiger partial charge on any atom is 0.329 e. The van der Waals surface area contributed by atoms with Gasteiger partial charge in [0.05, 0.1) is 0 Å². The first-order valence-corrected chi connectivity index (χ1v) is 10.4. The molecular weight excluding hydrogens is 362 g/mol. The fourth-order valence-corrected chi connectivity index (χ4v) is 4.07. The molecule has 2 fully saturated rings. The third kappa shape index (κ3) is 3.76. The predicted octanol–water partition coefficient (Wildman–Crippen LogP) is 1.30. The lowest BCUT2D eigenvalue weighted by Gasteiger charge is -2.38. The lowest BCUT2D eigenvalue weighted by molar-refractivity contribution is 0.221. The summed E-state index contributed by atoms with van der Waals surface area (Å²) < 4.78 is 3.28. The number of hydrogen-bond donors (Lipinski definition) is 0. The topological polar surface area (TPSA) is 45.8 Å². The standard InChI is InChI=1S/C12H15N.C11H16N4O/c1-3-13-8-12(9-13)11-6-4-10(2)5-7-11;1-13-6-8-10(12-9(13)7-4-5-7)15(3)11(16)14(8)2/h3-7,12H,1,8-9H2,2H3;6-7,9H,4-5H2,1-3H3. The van der Waals surface area contributed by atoms with Gasteiger partial charge in [-0.15, -0.1) is 0 Å². The number of aromatic nitrogens is 2. The molecule has 3 heterocycles. The molecule has 1 aliphatic carbocycles. The molecule has 6 nitrogen and oxygen atoms in total. The largest absolute Gasteiger partial charge is 0.377 e. The van der Waals surface area contributed by atoms with E-state index in [4.69, 9.17) is 4.99 Å². The van der Waals surface area contributed by atoms with Gasteiger partial charge in [-0.05, 0) is 37.4 Å². The Balaban J connectivity index is 0.000000145. The number of nitrogens with zero attached hydrogens (tertiary/aromatic N) is 5. The highest BCUT2D eigenvalue weighted by Crippen LogP contribution is 2.35. The lowest BCUT2D eigenvalue weighted by Crippen LogP contribution is -2.44. The molecule has 0 N–H and O–H groups in total. The van der Waals surface area contributed by atoms with E-state index in [9.17, 15) is 4.79 Å². The van der Waals surface area contributed by atoms with E-state index in [1.165, 1.54) is 24.0 Å². The van der Waals surface area contributed by atoms with Crippen LogP contribution in [0.1, 0.15) is 29.9 Å². The minimum absolute atomic E-state index is 0.00477. The van der Waals surface area contributed by atoms with Crippen LogP contribution in [-0.4, -0.2) is 45.2 Å². The van der Waals surface area contributed by atoms with Crippen LogP contribution in [0.3, 0.4) is 0 Å². The van der Waals surface area contributed by atoms with E-state index in [0.717, 1.165) is 29.8 Å². The van der Waals surface area contributed by atoms with Gasteiger partial charge in [-0.3, -0.25) is 9.13 Å². The van der Waals surface area contributed by atoms with E-state index in [0.29, 0.717) is 5.92 Å². The Bertz CT molecular complexity index is 1070. The molecular formula is C23H31N5O. The summed E-state index contributed by atoms with van der Waals surface area (Å²) in [5.41, 5.74) is 3.62. The molecule has 5 rings (SSSR count). The molecule has 1 unspecified atom stereocenters. The second kappa shape index (κ2) is 7.58. The van der Waals surface area contributed by atoms with Crippen LogP contribution in [0.5, 0.6) is 0 Å². The summed E-state index contributed by atoms with van der Waals surface area (Å²) in [5.74, 6) is 1.39. The Kier molecular flexibility index (Phi) is 5.11. The SMILES string of the molecule is C=CN1CC(c2ccc(C)cc2)C1.CN1C=c2c(n(C)c(=O)n2C)=NC1C1CC1. The molecule has 2 aliphatic heterocycles. The lowest BCUT2D eigenvalue weighted by atomic mass is 9.91. The Morgan fingerprint density at radius 2 is 1.72 bits per heavy atom. The second-order valence-electron chi connectivity index (χ2n) is 8.53. The van der Waals surface area contributed by atoms with Gasteiger partial charge in [-0.1, -0.05) is 36.4 Å². The summed E-state index contributed by atoms with van der Waals surface area (Å²) >= 11 is 0. The Hall–Kier alpha value is -2.76. The third-order valence-electron chi connectivity index (χ3n) is 6.24. The Morgan fingerprint density at radius 1 is 1.07 bits per heavy atom. The number of benzene rings is 1. The van der Waals surface area contributed by atoms with Crippen molar-refractivity contribution in [2.45, 2.75) is 31.8 Å². The van der Waals surface area contributed by atoms with E-state index >= 15 is 0 Å². The van der Waals surface area contributed by atoms with Crippen molar-refractivity contribution in [1.29, 1.82) is 0 Å². The van der Waals surface area contributed by atoms with Crippen molar-refractivity contribution in [3.05, 3.63) is 69.5 Å². The molecule has 1 saturated heterocycles. The normalized spacial score (nSPS) is 20.6. The highest BCUT2D eigenvalue weighted by molar-refractivity contribution is 5.27. The smallest absolute Gasteiger partial charge is 0.329 e. The zero-order valence-corrected chi connectivity index (χ0v) is 17.9. The summed E-state index contributed by atoms with van der Waals surface area (Å²) in [6.07, 6.45) is 6.68. The molecule has 3 aliphatic rings. The predicted molar refractivity (Wildman–Crippen MR) is 116 cm³/mol. The van der Waals surface area contributed by atoms with E-state index < -0.39 is 0 Å². The Labute approximate surface area is 172 Å². The fraction of sp³-hybridized carbons (Fsp3) is 0.478. The molecule has 154 valence electrons. The number of hydrogen-bond acceptors (Lipinski definition) is 4. The van der Waals surface area contributed by atoms with Crippen molar-refractivity contribution in [3.8, 4) is 0 Å². The average molecular weight is 394 g/mol. The molecule has 6 heteroatoms. The summed E-state index contributed by atoms with van der Waals surface area (Å²) in [7, 11) is 5.61. The maximum absolute atomic E-state index is 11.8. The molecule has 0 bridgehead atoms. The molecule has 1 saturated carbocycles. The molecule has 0 spiro atoms. The highest BCUT2D eigenvalue weighted by atomic mass is 16.1. The van der Waals surface area contributed by atoms with E-state index in [1.807, 2.05) is 19.4 Å². The molecule has 1 aromatic carbocycles. The van der Waals surface area contributed by atoms with Crippen molar-refractivity contribution in [2.24, 2.45) is 25.0 Å². The number of likely N-dealkylation sites (tertiary alicyclic amines) is 1. The van der Waals surface area contributed by atoms with Gasteiger partial charge in [0.1, 0.15) is 11.5 Å². The first-order valence-electron chi connectivity index (χ1n) is 10.4. The quantitative estimate of drug-likeness (QED) is 0.790. The third-order valence-corrected chi connectivity index (χ3v) is 6.24. The number of imidazole rings is 1. The van der Waals surface area contributed by atoms with Gasteiger partial charge in [0, 0.05) is 46.4 Å². The van der Waals surface area contributed by atoms with Crippen molar-refractivity contribution < 1.29 is 0 Å². The molecule has 2 aromatic rings. The van der Waals surface area contributed by atoms with Crippen molar-refractivity contribution in [3.63, 3.8) is 0 Å². The van der Waals surface area contributed by atoms with E-state index in [2.05, 4.69) is 47.6 Å². The van der Waals surface area contributed by atoms with Crippen LogP contribution >= 0.6 is 0 Å². The number of fused-ring (bicyclic) bond motifs is 1. The molecule has 1 atom stereocenters. The minimum atomic E-state index is -0.00477. The van der Waals surface area contributed by atoms with E-state index in [1.54, 1.807) is 23.2 Å².